The molecule has 2 N–H and O–H groups in total. The topological polar surface area (TPSA) is 35.5 Å². The number of hydrogen-bond donors (Lipinski definition) is 2. The molecule has 1 unspecified atom stereocenters. The molecule has 3 heteroatoms. The highest BCUT2D eigenvalue weighted by molar-refractivity contribution is 4.89. The van der Waals surface area contributed by atoms with E-state index in [1.807, 2.05) is 0 Å². The van der Waals surface area contributed by atoms with Crippen LogP contribution in [0.1, 0.15) is 39.0 Å². The molecule has 0 aromatic heterocycles. The summed E-state index contributed by atoms with van der Waals surface area (Å²) in [4.78, 5) is 2.48. The van der Waals surface area contributed by atoms with Crippen LogP contribution in [0.15, 0.2) is 0 Å². The Morgan fingerprint density at radius 2 is 2.12 bits per heavy atom. The van der Waals surface area contributed by atoms with Crippen molar-refractivity contribution in [3.8, 4) is 0 Å². The zero-order chi connectivity index (χ0) is 11.4. The Morgan fingerprint density at radius 1 is 1.38 bits per heavy atom. The average molecular weight is 226 g/mol. The van der Waals surface area contributed by atoms with Gasteiger partial charge in [-0.2, -0.15) is 0 Å². The molecule has 0 aromatic rings. The van der Waals surface area contributed by atoms with E-state index in [9.17, 15) is 5.11 Å². The standard InChI is InChI=1S/C13H26N2O/c1-2-3-12-4-9-15(10-12)11-13(16)5-7-14-8-6-13/h12,14,16H,2-11H2,1H3. The molecular formula is C13H26N2O. The van der Waals surface area contributed by atoms with Gasteiger partial charge >= 0.3 is 0 Å². The van der Waals surface area contributed by atoms with Crippen molar-refractivity contribution >= 4 is 0 Å². The first-order chi connectivity index (χ1) is 7.72. The summed E-state index contributed by atoms with van der Waals surface area (Å²) in [6.07, 6.45) is 5.83. The highest BCUT2D eigenvalue weighted by Crippen LogP contribution is 2.25. The maximum Gasteiger partial charge on any atom is 0.0798 e. The summed E-state index contributed by atoms with van der Waals surface area (Å²) in [5, 5.41) is 13.8. The SMILES string of the molecule is CCCC1CCN(CC2(O)CCNCC2)C1. The molecule has 0 spiro atoms. The second-order valence-electron chi connectivity index (χ2n) is 5.65. The number of aliphatic hydroxyl groups is 1. The summed E-state index contributed by atoms with van der Waals surface area (Å²) in [6.45, 7) is 7.52. The Hall–Kier alpha value is -0.120. The van der Waals surface area contributed by atoms with E-state index in [-0.39, 0.29) is 0 Å². The molecule has 0 amide bonds. The number of nitrogens with zero attached hydrogens (tertiary/aromatic N) is 1. The van der Waals surface area contributed by atoms with E-state index < -0.39 is 5.60 Å². The van der Waals surface area contributed by atoms with E-state index in [1.54, 1.807) is 0 Å². The lowest BCUT2D eigenvalue weighted by atomic mass is 9.92. The third kappa shape index (κ3) is 3.19. The minimum Gasteiger partial charge on any atom is -0.388 e. The van der Waals surface area contributed by atoms with Crippen molar-refractivity contribution in [1.82, 2.24) is 10.2 Å². The molecule has 1 atom stereocenters. The van der Waals surface area contributed by atoms with Crippen LogP contribution in [0.4, 0.5) is 0 Å². The Morgan fingerprint density at radius 3 is 2.81 bits per heavy atom. The van der Waals surface area contributed by atoms with Crippen LogP contribution in [-0.4, -0.2) is 48.3 Å². The molecule has 2 aliphatic heterocycles. The number of piperidine rings is 1. The van der Waals surface area contributed by atoms with Crippen LogP contribution in [0.5, 0.6) is 0 Å². The second-order valence-corrected chi connectivity index (χ2v) is 5.65. The zero-order valence-electron chi connectivity index (χ0n) is 10.5. The van der Waals surface area contributed by atoms with Gasteiger partial charge in [0.25, 0.3) is 0 Å². The molecule has 2 rings (SSSR count). The molecule has 16 heavy (non-hydrogen) atoms. The Balaban J connectivity index is 1.77. The quantitative estimate of drug-likeness (QED) is 0.756. The van der Waals surface area contributed by atoms with Crippen LogP contribution < -0.4 is 5.32 Å². The maximum absolute atomic E-state index is 10.5. The third-order valence-electron chi connectivity index (χ3n) is 4.12. The van der Waals surface area contributed by atoms with Crippen LogP contribution in [-0.2, 0) is 0 Å². The van der Waals surface area contributed by atoms with Gasteiger partial charge in [-0.15, -0.1) is 0 Å². The van der Waals surface area contributed by atoms with Crippen molar-refractivity contribution in [2.24, 2.45) is 5.92 Å². The first-order valence-electron chi connectivity index (χ1n) is 6.87. The molecule has 0 bridgehead atoms. The van der Waals surface area contributed by atoms with Gasteiger partial charge in [0.05, 0.1) is 5.60 Å². The van der Waals surface area contributed by atoms with E-state index in [1.165, 1.54) is 32.4 Å². The van der Waals surface area contributed by atoms with Crippen molar-refractivity contribution in [3.05, 3.63) is 0 Å². The summed E-state index contributed by atoms with van der Waals surface area (Å²) in [6, 6.07) is 0. The molecule has 2 saturated heterocycles. The van der Waals surface area contributed by atoms with Crippen molar-refractivity contribution in [2.45, 2.75) is 44.6 Å². The van der Waals surface area contributed by atoms with Crippen LogP contribution >= 0.6 is 0 Å². The highest BCUT2D eigenvalue weighted by Gasteiger charge is 2.33. The number of nitrogens with one attached hydrogen (secondary N) is 1. The number of hydrogen-bond acceptors (Lipinski definition) is 3. The first kappa shape index (κ1) is 12.3. The van der Waals surface area contributed by atoms with Gasteiger partial charge in [0.2, 0.25) is 0 Å². The summed E-state index contributed by atoms with van der Waals surface area (Å²) in [5.41, 5.74) is -0.410. The van der Waals surface area contributed by atoms with Crippen molar-refractivity contribution in [1.29, 1.82) is 0 Å². The lowest BCUT2D eigenvalue weighted by Crippen LogP contribution is -2.49. The van der Waals surface area contributed by atoms with Gasteiger partial charge in [-0.05, 0) is 51.2 Å². The Kier molecular flexibility index (Phi) is 4.22. The first-order valence-corrected chi connectivity index (χ1v) is 6.87. The average Bonchev–Trinajstić information content (AvgIpc) is 2.66. The fourth-order valence-electron chi connectivity index (χ4n) is 3.17. The Labute approximate surface area is 99.2 Å². The summed E-state index contributed by atoms with van der Waals surface area (Å²) in [5.74, 6) is 0.885. The summed E-state index contributed by atoms with van der Waals surface area (Å²) < 4.78 is 0. The van der Waals surface area contributed by atoms with Crippen LogP contribution in [0.3, 0.4) is 0 Å². The molecule has 3 nitrogen and oxygen atoms in total. The van der Waals surface area contributed by atoms with Gasteiger partial charge in [0.15, 0.2) is 0 Å². The maximum atomic E-state index is 10.5. The minimum absolute atomic E-state index is 0.410. The van der Waals surface area contributed by atoms with Crippen molar-refractivity contribution in [2.75, 3.05) is 32.7 Å². The molecule has 0 radical (unpaired) electrons. The van der Waals surface area contributed by atoms with Crippen LogP contribution in [0.2, 0.25) is 0 Å². The fourth-order valence-corrected chi connectivity index (χ4v) is 3.17. The van der Waals surface area contributed by atoms with Gasteiger partial charge in [-0.1, -0.05) is 13.3 Å². The molecular weight excluding hydrogens is 200 g/mol. The van der Waals surface area contributed by atoms with E-state index >= 15 is 0 Å². The van der Waals surface area contributed by atoms with Crippen molar-refractivity contribution < 1.29 is 5.11 Å². The lowest BCUT2D eigenvalue weighted by molar-refractivity contribution is -0.0166. The van der Waals surface area contributed by atoms with E-state index in [0.29, 0.717) is 0 Å². The van der Waals surface area contributed by atoms with E-state index in [2.05, 4.69) is 17.1 Å². The number of rotatable bonds is 4. The Bertz CT molecular complexity index is 214. The predicted octanol–water partition coefficient (Wildman–Crippen LogP) is 1.22. The molecule has 0 aliphatic carbocycles. The van der Waals surface area contributed by atoms with E-state index in [4.69, 9.17) is 0 Å². The zero-order valence-corrected chi connectivity index (χ0v) is 10.5. The normalized spacial score (nSPS) is 30.8. The molecule has 0 aromatic carbocycles. The fraction of sp³-hybridized carbons (Fsp3) is 1.00. The largest absolute Gasteiger partial charge is 0.388 e. The molecule has 94 valence electrons. The van der Waals surface area contributed by atoms with Crippen molar-refractivity contribution in [3.63, 3.8) is 0 Å². The molecule has 2 heterocycles. The van der Waals surface area contributed by atoms with Gasteiger partial charge in [0.1, 0.15) is 0 Å². The molecule has 0 saturated carbocycles. The van der Waals surface area contributed by atoms with E-state index in [0.717, 1.165) is 38.4 Å². The van der Waals surface area contributed by atoms with Gasteiger partial charge in [-0.3, -0.25) is 0 Å². The minimum atomic E-state index is -0.410. The molecule has 2 fully saturated rings. The number of β-amino-alcohol motifs (C(OH)–C–C–N with tert-alkyl or cyclic N) is 1. The molecule has 2 aliphatic rings. The van der Waals surface area contributed by atoms with Gasteiger partial charge in [-0.25, -0.2) is 0 Å². The lowest BCUT2D eigenvalue weighted by Gasteiger charge is -2.36. The van der Waals surface area contributed by atoms with Crippen LogP contribution in [0.25, 0.3) is 0 Å². The third-order valence-corrected chi connectivity index (χ3v) is 4.12. The monoisotopic (exact) mass is 226 g/mol. The second kappa shape index (κ2) is 5.48. The predicted molar refractivity (Wildman–Crippen MR) is 66.5 cm³/mol. The van der Waals surface area contributed by atoms with Gasteiger partial charge in [0, 0.05) is 13.1 Å². The summed E-state index contributed by atoms with van der Waals surface area (Å²) in [7, 11) is 0. The smallest absolute Gasteiger partial charge is 0.0798 e. The van der Waals surface area contributed by atoms with Gasteiger partial charge < -0.3 is 15.3 Å². The highest BCUT2D eigenvalue weighted by atomic mass is 16.3. The number of likely N-dealkylation sites (tertiary alicyclic amines) is 1. The van der Waals surface area contributed by atoms with Crippen LogP contribution in [0, 0.1) is 5.92 Å². The summed E-state index contributed by atoms with van der Waals surface area (Å²) >= 11 is 0.